The first-order valence-electron chi connectivity index (χ1n) is 10.7. The molecule has 0 bridgehead atoms. The number of anilines is 1. The second kappa shape index (κ2) is 9.77. The first kappa shape index (κ1) is 21.7. The van der Waals surface area contributed by atoms with Crippen LogP contribution < -0.4 is 10.1 Å². The number of amides is 1. The number of morpholine rings is 1. The number of hydrogen-bond acceptors (Lipinski definition) is 6. The van der Waals surface area contributed by atoms with Gasteiger partial charge in [-0.1, -0.05) is 43.4 Å². The smallest absolute Gasteiger partial charge is 0.266 e. The second-order valence-corrected chi connectivity index (χ2v) is 9.21. The predicted molar refractivity (Wildman–Crippen MR) is 125 cm³/mol. The molecule has 164 valence electrons. The maximum atomic E-state index is 12.6. The molecule has 1 amide bonds. The summed E-state index contributed by atoms with van der Waals surface area (Å²) in [6.07, 6.45) is -0.617. The van der Waals surface area contributed by atoms with Gasteiger partial charge in [-0.3, -0.25) is 15.0 Å². The van der Waals surface area contributed by atoms with Crippen LogP contribution in [0.2, 0.25) is 0 Å². The van der Waals surface area contributed by atoms with E-state index in [1.165, 1.54) is 22.5 Å². The van der Waals surface area contributed by atoms with Gasteiger partial charge in [-0.25, -0.2) is 4.98 Å². The SMILES string of the molecule is CC(Oc1ccc(C(C)C)cc1)C(=O)Nc1nc2ccc(CN3CCOCC3)cc2s1. The standard InChI is InChI=1S/C24H29N3O3S/c1-16(2)19-5-7-20(8-6-19)30-17(3)23(28)26-24-25-21-9-4-18(14-22(21)31-24)15-27-10-12-29-13-11-27/h4-9,14,16-17H,10-13,15H2,1-3H3,(H,25,26,28). The quantitative estimate of drug-likeness (QED) is 0.580. The van der Waals surface area contributed by atoms with Crippen molar-refractivity contribution in [1.29, 1.82) is 0 Å². The van der Waals surface area contributed by atoms with Crippen LogP contribution in [0.3, 0.4) is 0 Å². The van der Waals surface area contributed by atoms with Crippen LogP contribution in [-0.4, -0.2) is 48.2 Å². The van der Waals surface area contributed by atoms with E-state index in [1.54, 1.807) is 6.92 Å². The molecule has 2 heterocycles. The van der Waals surface area contributed by atoms with E-state index >= 15 is 0 Å². The fraction of sp³-hybridized carbons (Fsp3) is 0.417. The van der Waals surface area contributed by atoms with E-state index in [4.69, 9.17) is 9.47 Å². The summed E-state index contributed by atoms with van der Waals surface area (Å²) >= 11 is 1.49. The lowest BCUT2D eigenvalue weighted by Crippen LogP contribution is -2.35. The van der Waals surface area contributed by atoms with Crippen molar-refractivity contribution in [2.75, 3.05) is 31.6 Å². The van der Waals surface area contributed by atoms with Gasteiger partial charge in [-0.2, -0.15) is 0 Å². The molecule has 0 saturated carbocycles. The Labute approximate surface area is 187 Å². The van der Waals surface area contributed by atoms with Gasteiger partial charge >= 0.3 is 0 Å². The van der Waals surface area contributed by atoms with Gasteiger partial charge in [0.15, 0.2) is 11.2 Å². The molecule has 1 atom stereocenters. The van der Waals surface area contributed by atoms with Gasteiger partial charge in [0.1, 0.15) is 5.75 Å². The highest BCUT2D eigenvalue weighted by molar-refractivity contribution is 7.22. The van der Waals surface area contributed by atoms with Crippen LogP contribution in [0.5, 0.6) is 5.75 Å². The molecule has 31 heavy (non-hydrogen) atoms. The van der Waals surface area contributed by atoms with Crippen LogP contribution in [0.25, 0.3) is 10.2 Å². The van der Waals surface area contributed by atoms with Crippen molar-refractivity contribution < 1.29 is 14.3 Å². The molecular formula is C24H29N3O3S. The molecular weight excluding hydrogens is 410 g/mol. The van der Waals surface area contributed by atoms with Crippen molar-refractivity contribution >= 4 is 32.6 Å². The summed E-state index contributed by atoms with van der Waals surface area (Å²) < 4.78 is 12.3. The third-order valence-corrected chi connectivity index (χ3v) is 6.36. The number of carbonyl (C=O) groups excluding carboxylic acids is 1. The van der Waals surface area contributed by atoms with Crippen molar-refractivity contribution in [3.05, 3.63) is 53.6 Å². The van der Waals surface area contributed by atoms with Crippen molar-refractivity contribution in [2.24, 2.45) is 0 Å². The molecule has 1 N–H and O–H groups in total. The summed E-state index contributed by atoms with van der Waals surface area (Å²) in [6, 6.07) is 14.2. The van der Waals surface area contributed by atoms with E-state index in [0.717, 1.165) is 43.1 Å². The number of nitrogens with zero attached hydrogens (tertiary/aromatic N) is 2. The molecule has 0 spiro atoms. The monoisotopic (exact) mass is 439 g/mol. The maximum absolute atomic E-state index is 12.6. The lowest BCUT2D eigenvalue weighted by Gasteiger charge is -2.26. The van der Waals surface area contributed by atoms with Crippen LogP contribution in [0.4, 0.5) is 5.13 Å². The Hall–Kier alpha value is -2.48. The predicted octanol–water partition coefficient (Wildman–Crippen LogP) is 4.66. The second-order valence-electron chi connectivity index (χ2n) is 8.18. The molecule has 6 nitrogen and oxygen atoms in total. The molecule has 1 fully saturated rings. The number of hydrogen-bond donors (Lipinski definition) is 1. The maximum Gasteiger partial charge on any atom is 0.266 e. The molecule has 4 rings (SSSR count). The number of benzene rings is 2. The van der Waals surface area contributed by atoms with Crippen LogP contribution >= 0.6 is 11.3 Å². The number of aromatic nitrogens is 1. The molecule has 2 aromatic carbocycles. The minimum Gasteiger partial charge on any atom is -0.481 e. The summed E-state index contributed by atoms with van der Waals surface area (Å²) in [5.41, 5.74) is 3.38. The van der Waals surface area contributed by atoms with Gasteiger partial charge in [0.2, 0.25) is 0 Å². The summed E-state index contributed by atoms with van der Waals surface area (Å²) in [5, 5.41) is 3.49. The number of ether oxygens (including phenoxy) is 2. The van der Waals surface area contributed by atoms with E-state index in [2.05, 4.69) is 41.2 Å². The van der Waals surface area contributed by atoms with Crippen LogP contribution in [-0.2, 0) is 16.1 Å². The lowest BCUT2D eigenvalue weighted by molar-refractivity contribution is -0.122. The molecule has 1 aliphatic rings. The molecule has 3 aromatic rings. The first-order chi connectivity index (χ1) is 15.0. The molecule has 1 saturated heterocycles. The van der Waals surface area contributed by atoms with E-state index in [1.807, 2.05) is 30.3 Å². The number of fused-ring (bicyclic) bond motifs is 1. The number of carbonyl (C=O) groups is 1. The fourth-order valence-corrected chi connectivity index (χ4v) is 4.47. The number of rotatable bonds is 7. The minimum absolute atomic E-state index is 0.208. The van der Waals surface area contributed by atoms with Crippen molar-refractivity contribution in [1.82, 2.24) is 9.88 Å². The zero-order valence-electron chi connectivity index (χ0n) is 18.3. The van der Waals surface area contributed by atoms with Crippen LogP contribution in [0.15, 0.2) is 42.5 Å². The van der Waals surface area contributed by atoms with Gasteiger partial charge in [0.25, 0.3) is 5.91 Å². The molecule has 1 aliphatic heterocycles. The van der Waals surface area contributed by atoms with Crippen molar-refractivity contribution in [3.8, 4) is 5.75 Å². The highest BCUT2D eigenvalue weighted by Crippen LogP contribution is 2.28. The van der Waals surface area contributed by atoms with E-state index in [0.29, 0.717) is 16.8 Å². The average molecular weight is 440 g/mol. The van der Waals surface area contributed by atoms with Gasteiger partial charge in [-0.15, -0.1) is 0 Å². The fourth-order valence-electron chi connectivity index (χ4n) is 3.53. The normalized spacial score (nSPS) is 15.9. The summed E-state index contributed by atoms with van der Waals surface area (Å²) in [4.78, 5) is 19.6. The third-order valence-electron chi connectivity index (χ3n) is 5.42. The lowest BCUT2D eigenvalue weighted by atomic mass is 10.0. The van der Waals surface area contributed by atoms with E-state index in [9.17, 15) is 4.79 Å². The Kier molecular flexibility index (Phi) is 6.85. The zero-order valence-corrected chi connectivity index (χ0v) is 19.1. The van der Waals surface area contributed by atoms with Gasteiger partial charge in [0.05, 0.1) is 23.4 Å². The zero-order chi connectivity index (χ0) is 21.8. The third kappa shape index (κ3) is 5.61. The van der Waals surface area contributed by atoms with Crippen LogP contribution in [0.1, 0.15) is 37.8 Å². The molecule has 0 radical (unpaired) electrons. The summed E-state index contributed by atoms with van der Waals surface area (Å²) in [6.45, 7) is 10.5. The van der Waals surface area contributed by atoms with Crippen molar-refractivity contribution in [2.45, 2.75) is 39.3 Å². The molecule has 7 heteroatoms. The minimum atomic E-state index is -0.617. The number of thiazole rings is 1. The van der Waals surface area contributed by atoms with Gasteiger partial charge < -0.3 is 9.47 Å². The molecule has 1 aromatic heterocycles. The average Bonchev–Trinajstić information content (AvgIpc) is 3.16. The van der Waals surface area contributed by atoms with E-state index < -0.39 is 6.10 Å². The Morgan fingerprint density at radius 1 is 1.16 bits per heavy atom. The largest absolute Gasteiger partial charge is 0.481 e. The van der Waals surface area contributed by atoms with Crippen molar-refractivity contribution in [3.63, 3.8) is 0 Å². The Morgan fingerprint density at radius 2 is 1.90 bits per heavy atom. The number of nitrogens with one attached hydrogen (secondary N) is 1. The van der Waals surface area contributed by atoms with Gasteiger partial charge in [0, 0.05) is 19.6 Å². The Morgan fingerprint density at radius 3 is 2.61 bits per heavy atom. The molecule has 1 unspecified atom stereocenters. The van der Waals surface area contributed by atoms with Gasteiger partial charge in [-0.05, 0) is 48.2 Å². The molecule has 0 aliphatic carbocycles. The Balaban J connectivity index is 1.37. The highest BCUT2D eigenvalue weighted by atomic mass is 32.1. The highest BCUT2D eigenvalue weighted by Gasteiger charge is 2.17. The summed E-state index contributed by atoms with van der Waals surface area (Å²) in [7, 11) is 0. The first-order valence-corrected chi connectivity index (χ1v) is 11.6. The van der Waals surface area contributed by atoms with Crippen LogP contribution in [0, 0.1) is 0 Å². The Bertz CT molecular complexity index is 1030. The van der Waals surface area contributed by atoms with E-state index in [-0.39, 0.29) is 5.91 Å². The summed E-state index contributed by atoms with van der Waals surface area (Å²) in [5.74, 6) is 0.938. The topological polar surface area (TPSA) is 63.7 Å².